The van der Waals surface area contributed by atoms with E-state index in [1.165, 1.54) is 15.9 Å². The van der Waals surface area contributed by atoms with Crippen molar-refractivity contribution in [2.24, 2.45) is 0 Å². The molecule has 4 rings (SSSR count). The molecule has 3 heterocycles. The summed E-state index contributed by atoms with van der Waals surface area (Å²) in [5, 5.41) is 6.29. The molecule has 0 aliphatic heterocycles. The lowest BCUT2D eigenvalue weighted by Gasteiger charge is -1.98. The summed E-state index contributed by atoms with van der Waals surface area (Å²) in [5.41, 5.74) is 0.777. The Morgan fingerprint density at radius 1 is 1.16 bits per heavy atom. The van der Waals surface area contributed by atoms with Crippen molar-refractivity contribution >= 4 is 45.9 Å². The molecule has 5 nitrogen and oxygen atoms in total. The maximum absolute atomic E-state index is 12.5. The molecular formula is C18H13N3O2S2. The Morgan fingerprint density at radius 2 is 2.00 bits per heavy atom. The van der Waals surface area contributed by atoms with E-state index in [0.29, 0.717) is 15.3 Å². The number of fused-ring (bicyclic) bond motifs is 1. The average Bonchev–Trinajstić information content (AvgIpc) is 3.34. The van der Waals surface area contributed by atoms with Gasteiger partial charge in [-0.15, -0.1) is 16.4 Å². The van der Waals surface area contributed by atoms with Gasteiger partial charge < -0.3 is 4.74 Å². The number of hydrogen-bond acceptors (Lipinski definition) is 6. The molecule has 4 aromatic rings. The van der Waals surface area contributed by atoms with E-state index in [9.17, 15) is 4.79 Å². The molecule has 0 saturated heterocycles. The van der Waals surface area contributed by atoms with Crippen molar-refractivity contribution in [1.29, 1.82) is 0 Å². The Kier molecular flexibility index (Phi) is 4.17. The molecule has 0 amide bonds. The third-order valence-corrected chi connectivity index (χ3v) is 5.35. The van der Waals surface area contributed by atoms with Gasteiger partial charge in [-0.2, -0.15) is 9.50 Å². The minimum Gasteiger partial charge on any atom is -0.497 e. The first-order chi connectivity index (χ1) is 12.2. The van der Waals surface area contributed by atoms with Crippen molar-refractivity contribution in [3.63, 3.8) is 0 Å². The minimum absolute atomic E-state index is 0.154. The van der Waals surface area contributed by atoms with E-state index in [1.807, 2.05) is 60.0 Å². The summed E-state index contributed by atoms with van der Waals surface area (Å²) in [6.07, 6.45) is 5.60. The van der Waals surface area contributed by atoms with Crippen LogP contribution in [0.1, 0.15) is 16.3 Å². The van der Waals surface area contributed by atoms with Crippen LogP contribution in [0.3, 0.4) is 0 Å². The van der Waals surface area contributed by atoms with Gasteiger partial charge in [0.05, 0.1) is 11.6 Å². The van der Waals surface area contributed by atoms with E-state index in [0.717, 1.165) is 16.2 Å². The van der Waals surface area contributed by atoms with Gasteiger partial charge in [0.2, 0.25) is 4.96 Å². The maximum Gasteiger partial charge on any atom is 0.291 e. The van der Waals surface area contributed by atoms with E-state index in [2.05, 4.69) is 10.1 Å². The van der Waals surface area contributed by atoms with Gasteiger partial charge >= 0.3 is 0 Å². The van der Waals surface area contributed by atoms with Gasteiger partial charge in [-0.25, -0.2) is 0 Å². The molecule has 0 spiro atoms. The van der Waals surface area contributed by atoms with Crippen LogP contribution < -0.4 is 14.8 Å². The molecule has 0 radical (unpaired) electrons. The highest BCUT2D eigenvalue weighted by molar-refractivity contribution is 7.15. The third-order valence-electron chi connectivity index (χ3n) is 3.55. The second-order valence-electron chi connectivity index (χ2n) is 5.20. The quantitative estimate of drug-likeness (QED) is 0.556. The van der Waals surface area contributed by atoms with Gasteiger partial charge in [-0.3, -0.25) is 4.79 Å². The maximum atomic E-state index is 12.5. The fourth-order valence-electron chi connectivity index (χ4n) is 2.31. The van der Waals surface area contributed by atoms with Gasteiger partial charge in [-0.1, -0.05) is 29.5 Å². The number of thiophene rings is 1. The summed E-state index contributed by atoms with van der Waals surface area (Å²) in [6.45, 7) is 0. The monoisotopic (exact) mass is 367 g/mol. The van der Waals surface area contributed by atoms with Crippen molar-refractivity contribution in [2.45, 2.75) is 0 Å². The molecule has 0 atom stereocenters. The minimum atomic E-state index is -0.154. The molecule has 1 aromatic carbocycles. The Hall–Kier alpha value is -2.77. The number of rotatable bonds is 4. The van der Waals surface area contributed by atoms with Crippen LogP contribution in [0, 0.1) is 0 Å². The molecule has 124 valence electrons. The lowest BCUT2D eigenvalue weighted by Crippen LogP contribution is -2.23. The van der Waals surface area contributed by atoms with Crippen LogP contribution in [0.2, 0.25) is 0 Å². The number of ether oxygens (including phenoxy) is 1. The molecule has 0 saturated carbocycles. The predicted molar refractivity (Wildman–Crippen MR) is 102 cm³/mol. The lowest BCUT2D eigenvalue weighted by molar-refractivity contribution is 0.415. The zero-order chi connectivity index (χ0) is 17.2. The Labute approximate surface area is 151 Å². The topological polar surface area (TPSA) is 56.5 Å². The van der Waals surface area contributed by atoms with E-state index >= 15 is 0 Å². The fourth-order valence-corrected chi connectivity index (χ4v) is 3.85. The lowest BCUT2D eigenvalue weighted by atomic mass is 10.2. The number of thiazole rings is 1. The first kappa shape index (κ1) is 15.7. The van der Waals surface area contributed by atoms with Crippen LogP contribution in [-0.4, -0.2) is 21.7 Å². The Balaban J connectivity index is 1.67. The number of methoxy groups -OCH3 is 1. The largest absolute Gasteiger partial charge is 0.497 e. The molecule has 0 bridgehead atoms. The number of hydrogen-bond donors (Lipinski definition) is 0. The highest BCUT2D eigenvalue weighted by Gasteiger charge is 2.08. The van der Waals surface area contributed by atoms with E-state index in [1.54, 1.807) is 18.4 Å². The molecule has 0 unspecified atom stereocenters. The summed E-state index contributed by atoms with van der Waals surface area (Å²) in [7, 11) is 1.62. The molecule has 0 fully saturated rings. The zero-order valence-corrected chi connectivity index (χ0v) is 14.9. The van der Waals surface area contributed by atoms with Gasteiger partial charge in [-0.05, 0) is 47.4 Å². The standard InChI is InChI=1S/C18H13N3O2S2/c1-23-13-6-4-12(5-7-13)11-15-17(22)21-18(25-15)19-16(20-21)9-8-14-3-2-10-24-14/h2-11H,1H3/b9-8+,15-11-. The Morgan fingerprint density at radius 3 is 2.68 bits per heavy atom. The van der Waals surface area contributed by atoms with E-state index in [-0.39, 0.29) is 5.56 Å². The molecular weight excluding hydrogens is 354 g/mol. The Bertz CT molecular complexity index is 1140. The predicted octanol–water partition coefficient (Wildman–Crippen LogP) is 2.94. The molecule has 3 aromatic heterocycles. The van der Waals surface area contributed by atoms with Crippen molar-refractivity contribution < 1.29 is 4.74 Å². The number of benzene rings is 1. The number of aromatic nitrogens is 3. The van der Waals surface area contributed by atoms with Crippen LogP contribution in [0.4, 0.5) is 0 Å². The summed E-state index contributed by atoms with van der Waals surface area (Å²) in [5.74, 6) is 1.32. The molecule has 0 aliphatic carbocycles. The van der Waals surface area contributed by atoms with Gasteiger partial charge in [0.15, 0.2) is 5.82 Å². The second-order valence-corrected chi connectivity index (χ2v) is 7.19. The van der Waals surface area contributed by atoms with Gasteiger partial charge in [0.1, 0.15) is 5.75 Å². The SMILES string of the molecule is COc1ccc(/C=c2\sc3nc(/C=C/c4cccs4)nn3c2=O)cc1. The van der Waals surface area contributed by atoms with E-state index < -0.39 is 0 Å². The third kappa shape index (κ3) is 3.24. The smallest absolute Gasteiger partial charge is 0.291 e. The average molecular weight is 367 g/mol. The van der Waals surface area contributed by atoms with Gasteiger partial charge in [0, 0.05) is 4.88 Å². The van der Waals surface area contributed by atoms with Crippen LogP contribution >= 0.6 is 22.7 Å². The second kappa shape index (κ2) is 6.62. The summed E-state index contributed by atoms with van der Waals surface area (Å²) in [4.78, 5) is 18.6. The van der Waals surface area contributed by atoms with Crippen molar-refractivity contribution in [2.75, 3.05) is 7.11 Å². The van der Waals surface area contributed by atoms with Crippen molar-refractivity contribution in [3.8, 4) is 5.75 Å². The highest BCUT2D eigenvalue weighted by Crippen LogP contribution is 2.13. The zero-order valence-electron chi connectivity index (χ0n) is 13.2. The fraction of sp³-hybridized carbons (Fsp3) is 0.0556. The van der Waals surface area contributed by atoms with Crippen LogP contribution in [0.25, 0.3) is 23.2 Å². The first-order valence-corrected chi connectivity index (χ1v) is 9.19. The molecule has 0 N–H and O–H groups in total. The summed E-state index contributed by atoms with van der Waals surface area (Å²) in [6, 6.07) is 11.5. The normalized spacial score (nSPS) is 12.4. The molecule has 0 aliphatic rings. The van der Waals surface area contributed by atoms with Crippen LogP contribution in [-0.2, 0) is 0 Å². The molecule has 7 heteroatoms. The van der Waals surface area contributed by atoms with Crippen LogP contribution in [0.15, 0.2) is 46.6 Å². The highest BCUT2D eigenvalue weighted by atomic mass is 32.1. The summed E-state index contributed by atoms with van der Waals surface area (Å²) < 4.78 is 7.10. The van der Waals surface area contributed by atoms with Crippen molar-refractivity contribution in [3.05, 3.63) is 72.9 Å². The van der Waals surface area contributed by atoms with Gasteiger partial charge in [0.25, 0.3) is 5.56 Å². The van der Waals surface area contributed by atoms with Crippen molar-refractivity contribution in [1.82, 2.24) is 14.6 Å². The molecule has 25 heavy (non-hydrogen) atoms. The number of nitrogens with zero attached hydrogens (tertiary/aromatic N) is 3. The van der Waals surface area contributed by atoms with E-state index in [4.69, 9.17) is 4.74 Å². The summed E-state index contributed by atoms with van der Waals surface area (Å²) >= 11 is 2.97. The first-order valence-electron chi connectivity index (χ1n) is 7.50. The van der Waals surface area contributed by atoms with Crippen LogP contribution in [0.5, 0.6) is 5.75 Å².